The molecule has 19 heavy (non-hydrogen) atoms. The number of piperidine rings is 1. The first-order valence-corrected chi connectivity index (χ1v) is 6.47. The molecule has 3 nitrogen and oxygen atoms in total. The zero-order chi connectivity index (χ0) is 13.9. The van der Waals surface area contributed by atoms with Crippen molar-refractivity contribution in [2.24, 2.45) is 0 Å². The summed E-state index contributed by atoms with van der Waals surface area (Å²) < 4.78 is 29.5. The molecule has 1 heterocycles. The molecule has 1 saturated heterocycles. The summed E-state index contributed by atoms with van der Waals surface area (Å²) in [6.45, 7) is 0.245. The van der Waals surface area contributed by atoms with Gasteiger partial charge in [0, 0.05) is 13.0 Å². The molecule has 0 radical (unpaired) electrons. The van der Waals surface area contributed by atoms with Crippen LogP contribution >= 0.6 is 0 Å². The molecule has 1 aliphatic heterocycles. The van der Waals surface area contributed by atoms with Crippen LogP contribution in [0, 0.1) is 6.92 Å². The number of β-amino-alcohol motifs (C(OH)–C–C–N with tert-alkyl or cyclic N) is 1. The van der Waals surface area contributed by atoms with Crippen LogP contribution in [0.15, 0.2) is 18.2 Å². The van der Waals surface area contributed by atoms with Crippen LogP contribution in [-0.4, -0.2) is 30.4 Å². The van der Waals surface area contributed by atoms with E-state index in [0.29, 0.717) is 30.5 Å². The Labute approximate surface area is 111 Å². The minimum atomic E-state index is -2.85. The maximum Gasteiger partial charge on any atom is 0.387 e. The highest BCUT2D eigenvalue weighted by Crippen LogP contribution is 2.30. The maximum absolute atomic E-state index is 12.5. The molecule has 1 atom stereocenters. The second kappa shape index (κ2) is 5.84. The number of hydrogen-bond donors (Lipinski definition) is 2. The lowest BCUT2D eigenvalue weighted by atomic mass is 9.87. The fraction of sp³-hybridized carbons (Fsp3) is 0.571. The second-order valence-electron chi connectivity index (χ2n) is 5.12. The molecule has 1 aromatic rings. The lowest BCUT2D eigenvalue weighted by Crippen LogP contribution is -2.47. The van der Waals surface area contributed by atoms with Gasteiger partial charge in [-0.3, -0.25) is 0 Å². The Balaban J connectivity index is 2.21. The number of para-hydroxylation sites is 1. The summed E-state index contributed by atoms with van der Waals surface area (Å²) in [6, 6.07) is 5.25. The molecule has 1 aromatic carbocycles. The largest absolute Gasteiger partial charge is 0.434 e. The van der Waals surface area contributed by atoms with Crippen LogP contribution in [0.1, 0.15) is 24.0 Å². The summed E-state index contributed by atoms with van der Waals surface area (Å²) in [5.74, 6) is 0.191. The van der Waals surface area contributed by atoms with E-state index in [-0.39, 0.29) is 5.75 Å². The fourth-order valence-corrected chi connectivity index (χ4v) is 2.57. The van der Waals surface area contributed by atoms with E-state index in [2.05, 4.69) is 10.1 Å². The number of alkyl halides is 2. The third-order valence-electron chi connectivity index (χ3n) is 3.47. The summed E-state index contributed by atoms with van der Waals surface area (Å²) in [6.07, 6.45) is 1.87. The summed E-state index contributed by atoms with van der Waals surface area (Å²) in [5, 5.41) is 13.6. The molecule has 0 spiro atoms. The lowest BCUT2D eigenvalue weighted by molar-refractivity contribution is -0.0521. The van der Waals surface area contributed by atoms with Gasteiger partial charge >= 0.3 is 6.61 Å². The summed E-state index contributed by atoms with van der Waals surface area (Å²) >= 11 is 0. The normalized spacial score (nSPS) is 23.6. The molecule has 2 N–H and O–H groups in total. The Morgan fingerprint density at radius 1 is 1.47 bits per heavy atom. The van der Waals surface area contributed by atoms with Crippen molar-refractivity contribution >= 4 is 0 Å². The van der Waals surface area contributed by atoms with Gasteiger partial charge in [0.25, 0.3) is 0 Å². The Morgan fingerprint density at radius 3 is 2.89 bits per heavy atom. The third kappa shape index (κ3) is 3.64. The first-order valence-electron chi connectivity index (χ1n) is 6.47. The predicted octanol–water partition coefficient (Wildman–Crippen LogP) is 2.25. The van der Waals surface area contributed by atoms with E-state index in [1.165, 1.54) is 0 Å². The number of halogens is 2. The summed E-state index contributed by atoms with van der Waals surface area (Å²) in [7, 11) is 0. The van der Waals surface area contributed by atoms with Crippen molar-refractivity contribution in [3.8, 4) is 5.75 Å². The van der Waals surface area contributed by atoms with Crippen molar-refractivity contribution < 1.29 is 18.6 Å². The standard InChI is InChI=1S/C14H19F2NO2/c1-10-4-2-5-11(12(10)19-13(15)16)8-14(18)6-3-7-17-9-14/h2,4-5,13,17-18H,3,6-9H2,1H3. The third-order valence-corrected chi connectivity index (χ3v) is 3.47. The van der Waals surface area contributed by atoms with Crippen LogP contribution in [-0.2, 0) is 6.42 Å². The maximum atomic E-state index is 12.5. The van der Waals surface area contributed by atoms with E-state index in [9.17, 15) is 13.9 Å². The number of aliphatic hydroxyl groups is 1. The molecule has 0 aromatic heterocycles. The number of ether oxygens (including phenoxy) is 1. The number of rotatable bonds is 4. The average Bonchev–Trinajstić information content (AvgIpc) is 2.34. The summed E-state index contributed by atoms with van der Waals surface area (Å²) in [4.78, 5) is 0. The Morgan fingerprint density at radius 2 is 2.26 bits per heavy atom. The molecule has 0 amide bonds. The fourth-order valence-electron chi connectivity index (χ4n) is 2.57. The number of nitrogens with one attached hydrogen (secondary N) is 1. The van der Waals surface area contributed by atoms with E-state index >= 15 is 0 Å². The monoisotopic (exact) mass is 271 g/mol. The zero-order valence-electron chi connectivity index (χ0n) is 11.0. The van der Waals surface area contributed by atoms with E-state index < -0.39 is 12.2 Å². The minimum absolute atomic E-state index is 0.191. The predicted molar refractivity (Wildman–Crippen MR) is 68.6 cm³/mol. The molecule has 2 rings (SSSR count). The lowest BCUT2D eigenvalue weighted by Gasteiger charge is -2.33. The van der Waals surface area contributed by atoms with E-state index in [1.54, 1.807) is 25.1 Å². The van der Waals surface area contributed by atoms with E-state index in [1.807, 2.05) is 0 Å². The molecule has 0 aliphatic carbocycles. The highest BCUT2D eigenvalue weighted by molar-refractivity contribution is 5.41. The van der Waals surface area contributed by atoms with Crippen LogP contribution in [0.5, 0.6) is 5.75 Å². The van der Waals surface area contributed by atoms with Gasteiger partial charge in [0.05, 0.1) is 5.60 Å². The molecule has 1 fully saturated rings. The van der Waals surface area contributed by atoms with Gasteiger partial charge in [0.2, 0.25) is 0 Å². The SMILES string of the molecule is Cc1cccc(CC2(O)CCCNC2)c1OC(F)F. The molecule has 5 heteroatoms. The van der Waals surface area contributed by atoms with E-state index in [4.69, 9.17) is 0 Å². The van der Waals surface area contributed by atoms with Gasteiger partial charge in [0.1, 0.15) is 5.75 Å². The van der Waals surface area contributed by atoms with Crippen molar-refractivity contribution in [3.63, 3.8) is 0 Å². The van der Waals surface area contributed by atoms with E-state index in [0.717, 1.165) is 13.0 Å². The second-order valence-corrected chi connectivity index (χ2v) is 5.12. The van der Waals surface area contributed by atoms with Crippen LogP contribution in [0.4, 0.5) is 8.78 Å². The Hall–Kier alpha value is -1.20. The van der Waals surface area contributed by atoms with Crippen LogP contribution in [0.3, 0.4) is 0 Å². The van der Waals surface area contributed by atoms with Crippen molar-refractivity contribution in [1.29, 1.82) is 0 Å². The topological polar surface area (TPSA) is 41.5 Å². The first-order chi connectivity index (χ1) is 9.00. The first kappa shape index (κ1) is 14.2. The minimum Gasteiger partial charge on any atom is -0.434 e. The quantitative estimate of drug-likeness (QED) is 0.882. The molecule has 1 unspecified atom stereocenters. The van der Waals surface area contributed by atoms with Crippen LogP contribution < -0.4 is 10.1 Å². The summed E-state index contributed by atoms with van der Waals surface area (Å²) in [5.41, 5.74) is 0.406. The molecular weight excluding hydrogens is 252 g/mol. The van der Waals surface area contributed by atoms with Gasteiger partial charge in [-0.2, -0.15) is 8.78 Å². The Bertz CT molecular complexity index is 431. The van der Waals surface area contributed by atoms with Gasteiger partial charge in [-0.05, 0) is 37.4 Å². The van der Waals surface area contributed by atoms with Crippen molar-refractivity contribution in [2.45, 2.75) is 38.4 Å². The van der Waals surface area contributed by atoms with Gasteiger partial charge in [-0.25, -0.2) is 0 Å². The smallest absolute Gasteiger partial charge is 0.387 e. The van der Waals surface area contributed by atoms with Crippen molar-refractivity contribution in [3.05, 3.63) is 29.3 Å². The zero-order valence-corrected chi connectivity index (χ0v) is 11.0. The van der Waals surface area contributed by atoms with Gasteiger partial charge in [-0.15, -0.1) is 0 Å². The van der Waals surface area contributed by atoms with Crippen molar-refractivity contribution in [2.75, 3.05) is 13.1 Å². The number of aryl methyl sites for hydroxylation is 1. The molecule has 0 bridgehead atoms. The van der Waals surface area contributed by atoms with Gasteiger partial charge < -0.3 is 15.2 Å². The van der Waals surface area contributed by atoms with Crippen LogP contribution in [0.2, 0.25) is 0 Å². The van der Waals surface area contributed by atoms with Crippen LogP contribution in [0.25, 0.3) is 0 Å². The Kier molecular flexibility index (Phi) is 4.37. The molecule has 0 saturated carbocycles. The number of benzene rings is 1. The highest BCUT2D eigenvalue weighted by atomic mass is 19.3. The molecular formula is C14H19F2NO2. The van der Waals surface area contributed by atoms with Gasteiger partial charge in [-0.1, -0.05) is 18.2 Å². The van der Waals surface area contributed by atoms with Crippen molar-refractivity contribution in [1.82, 2.24) is 5.32 Å². The molecule has 1 aliphatic rings. The highest BCUT2D eigenvalue weighted by Gasteiger charge is 2.30. The average molecular weight is 271 g/mol. The van der Waals surface area contributed by atoms with Gasteiger partial charge in [0.15, 0.2) is 0 Å². The number of hydrogen-bond acceptors (Lipinski definition) is 3. The molecule has 106 valence electrons.